The topological polar surface area (TPSA) is 69.9 Å². The van der Waals surface area contributed by atoms with Crippen molar-refractivity contribution >= 4 is 39.3 Å². The Morgan fingerprint density at radius 2 is 2.00 bits per heavy atom. The maximum atomic E-state index is 13.5. The van der Waals surface area contributed by atoms with Gasteiger partial charge in [-0.1, -0.05) is 47.7 Å². The molecule has 0 spiro atoms. The molecule has 2 heterocycles. The second-order valence-corrected chi connectivity index (χ2v) is 8.97. The summed E-state index contributed by atoms with van der Waals surface area (Å²) in [4.78, 5) is 31.5. The number of carbonyl (C=O) groups excluding carboxylic acids is 1. The molecule has 0 radical (unpaired) electrons. The average Bonchev–Trinajstić information content (AvgIpc) is 3.08. The van der Waals surface area contributed by atoms with Gasteiger partial charge in [0.2, 0.25) is 0 Å². The maximum Gasteiger partial charge on any atom is 0.338 e. The van der Waals surface area contributed by atoms with Crippen LogP contribution < -0.4 is 19.6 Å². The van der Waals surface area contributed by atoms with Gasteiger partial charge in [-0.3, -0.25) is 9.36 Å². The van der Waals surface area contributed by atoms with Crippen LogP contribution in [0.2, 0.25) is 0 Å². The molecule has 1 aliphatic rings. The largest absolute Gasteiger partial charge is 0.496 e. The number of carbonyl (C=O) groups is 1. The molecular formula is C24H21BrN2O4S. The van der Waals surface area contributed by atoms with E-state index in [1.165, 1.54) is 11.3 Å². The third-order valence-electron chi connectivity index (χ3n) is 5.11. The van der Waals surface area contributed by atoms with Gasteiger partial charge in [-0.15, -0.1) is 0 Å². The summed E-state index contributed by atoms with van der Waals surface area (Å²) in [6.07, 6.45) is 1.82. The van der Waals surface area contributed by atoms with E-state index in [1.54, 1.807) is 25.5 Å². The van der Waals surface area contributed by atoms with Crippen molar-refractivity contribution in [1.29, 1.82) is 0 Å². The van der Waals surface area contributed by atoms with Crippen molar-refractivity contribution in [1.82, 2.24) is 4.57 Å². The lowest BCUT2D eigenvalue weighted by molar-refractivity contribution is -0.139. The highest BCUT2D eigenvalue weighted by Crippen LogP contribution is 2.30. The molecule has 1 unspecified atom stereocenters. The molecule has 3 aromatic rings. The second kappa shape index (κ2) is 9.26. The van der Waals surface area contributed by atoms with E-state index in [4.69, 9.17) is 9.47 Å². The lowest BCUT2D eigenvalue weighted by Crippen LogP contribution is -2.39. The number of allylic oxidation sites excluding steroid dienone is 1. The number of halogens is 1. The quantitative estimate of drug-likeness (QED) is 0.490. The Hall–Kier alpha value is -2.97. The van der Waals surface area contributed by atoms with E-state index in [9.17, 15) is 9.59 Å². The number of nitrogens with zero attached hydrogens (tertiary/aromatic N) is 2. The molecule has 0 fully saturated rings. The summed E-state index contributed by atoms with van der Waals surface area (Å²) in [6.45, 7) is 3.78. The van der Waals surface area contributed by atoms with Crippen molar-refractivity contribution < 1.29 is 14.3 Å². The molecule has 8 heteroatoms. The Morgan fingerprint density at radius 1 is 1.25 bits per heavy atom. The molecule has 0 aliphatic carbocycles. The van der Waals surface area contributed by atoms with E-state index in [0.717, 1.165) is 15.6 Å². The zero-order chi connectivity index (χ0) is 22.8. The molecule has 0 amide bonds. The summed E-state index contributed by atoms with van der Waals surface area (Å²) in [5.74, 6) is 0.248. The van der Waals surface area contributed by atoms with Gasteiger partial charge >= 0.3 is 5.97 Å². The van der Waals surface area contributed by atoms with Crippen LogP contribution in [0.15, 0.2) is 74.1 Å². The first kappa shape index (κ1) is 22.2. The maximum absolute atomic E-state index is 13.5. The smallest absolute Gasteiger partial charge is 0.338 e. The standard InChI is InChI=1S/C24H21BrN2O4S/c1-4-31-23(29)20-14(2)26-24-27(21(20)16-8-6-5-7-9-16)22(28)19(32-24)13-15-10-11-18(30-3)17(25)12-15/h5-13,21H,4H2,1-3H3/b19-13-. The number of hydrogen-bond acceptors (Lipinski definition) is 6. The average molecular weight is 513 g/mol. The van der Waals surface area contributed by atoms with Crippen molar-refractivity contribution in [2.24, 2.45) is 4.99 Å². The van der Waals surface area contributed by atoms with E-state index in [0.29, 0.717) is 26.4 Å². The number of rotatable bonds is 5. The fourth-order valence-electron chi connectivity index (χ4n) is 3.67. The molecule has 0 saturated carbocycles. The minimum atomic E-state index is -0.601. The Balaban J connectivity index is 1.92. The number of thiazole rings is 1. The summed E-state index contributed by atoms with van der Waals surface area (Å²) in [5.41, 5.74) is 2.40. The highest BCUT2D eigenvalue weighted by atomic mass is 79.9. The molecule has 1 aliphatic heterocycles. The third kappa shape index (κ3) is 4.08. The van der Waals surface area contributed by atoms with Crippen molar-refractivity contribution in [2.45, 2.75) is 19.9 Å². The van der Waals surface area contributed by atoms with Gasteiger partial charge in [-0.25, -0.2) is 9.79 Å². The number of esters is 1. The van der Waals surface area contributed by atoms with E-state index < -0.39 is 12.0 Å². The van der Waals surface area contributed by atoms with Crippen LogP contribution in [0.4, 0.5) is 0 Å². The van der Waals surface area contributed by atoms with Crippen molar-refractivity contribution in [2.75, 3.05) is 13.7 Å². The predicted molar refractivity (Wildman–Crippen MR) is 128 cm³/mol. The Bertz CT molecular complexity index is 1390. The van der Waals surface area contributed by atoms with Gasteiger partial charge in [0.05, 0.1) is 40.0 Å². The van der Waals surface area contributed by atoms with Crippen molar-refractivity contribution in [3.05, 3.63) is 95.1 Å². The third-order valence-corrected chi connectivity index (χ3v) is 6.71. The van der Waals surface area contributed by atoms with Crippen LogP contribution >= 0.6 is 27.3 Å². The molecule has 0 bridgehead atoms. The monoisotopic (exact) mass is 512 g/mol. The Labute approximate surface area is 197 Å². The van der Waals surface area contributed by atoms with Crippen LogP contribution in [0, 0.1) is 0 Å². The molecule has 0 saturated heterocycles. The van der Waals surface area contributed by atoms with Crippen LogP contribution in [-0.4, -0.2) is 24.3 Å². The van der Waals surface area contributed by atoms with E-state index >= 15 is 0 Å². The molecule has 1 atom stereocenters. The number of methoxy groups -OCH3 is 1. The summed E-state index contributed by atoms with van der Waals surface area (Å²) in [6, 6.07) is 14.5. The minimum Gasteiger partial charge on any atom is -0.496 e. The van der Waals surface area contributed by atoms with Crippen LogP contribution in [0.3, 0.4) is 0 Å². The van der Waals surface area contributed by atoms with E-state index in [2.05, 4.69) is 20.9 Å². The van der Waals surface area contributed by atoms with Gasteiger partial charge in [0.1, 0.15) is 5.75 Å². The molecule has 6 nitrogen and oxygen atoms in total. The van der Waals surface area contributed by atoms with Gasteiger partial charge < -0.3 is 9.47 Å². The lowest BCUT2D eigenvalue weighted by atomic mass is 9.96. The second-order valence-electron chi connectivity index (χ2n) is 7.11. The molecule has 32 heavy (non-hydrogen) atoms. The molecule has 2 aromatic carbocycles. The van der Waals surface area contributed by atoms with Crippen LogP contribution in [-0.2, 0) is 9.53 Å². The first-order chi connectivity index (χ1) is 15.4. The van der Waals surface area contributed by atoms with Crippen LogP contribution in [0.1, 0.15) is 31.0 Å². The number of benzene rings is 2. The first-order valence-corrected chi connectivity index (χ1v) is 11.6. The van der Waals surface area contributed by atoms with Gasteiger partial charge in [0.15, 0.2) is 4.80 Å². The van der Waals surface area contributed by atoms with Gasteiger partial charge in [-0.2, -0.15) is 0 Å². The zero-order valence-electron chi connectivity index (χ0n) is 17.8. The SMILES string of the molecule is CCOC(=O)C1=C(C)N=c2s/c(=C\c3ccc(OC)c(Br)c3)c(=O)n2C1c1ccccc1. The van der Waals surface area contributed by atoms with Crippen molar-refractivity contribution in [3.8, 4) is 5.75 Å². The van der Waals surface area contributed by atoms with Crippen LogP contribution in [0.5, 0.6) is 5.75 Å². The summed E-state index contributed by atoms with van der Waals surface area (Å²) in [7, 11) is 1.60. The molecular weight excluding hydrogens is 492 g/mol. The molecule has 164 valence electrons. The normalized spacial score (nSPS) is 15.9. The lowest BCUT2D eigenvalue weighted by Gasteiger charge is -2.24. The minimum absolute atomic E-state index is 0.205. The molecule has 0 N–H and O–H groups in total. The Morgan fingerprint density at radius 3 is 2.66 bits per heavy atom. The van der Waals surface area contributed by atoms with Gasteiger partial charge in [0, 0.05) is 0 Å². The fraction of sp³-hybridized carbons (Fsp3) is 0.208. The Kier molecular flexibility index (Phi) is 6.43. The number of aromatic nitrogens is 1. The van der Waals surface area contributed by atoms with E-state index in [-0.39, 0.29) is 12.2 Å². The zero-order valence-corrected chi connectivity index (χ0v) is 20.2. The summed E-state index contributed by atoms with van der Waals surface area (Å²) < 4.78 is 13.5. The predicted octanol–water partition coefficient (Wildman–Crippen LogP) is 3.57. The first-order valence-electron chi connectivity index (χ1n) is 10.0. The highest BCUT2D eigenvalue weighted by molar-refractivity contribution is 9.10. The fourth-order valence-corrected chi connectivity index (χ4v) is 5.27. The number of fused-ring (bicyclic) bond motifs is 1. The molecule has 1 aromatic heterocycles. The van der Waals surface area contributed by atoms with E-state index in [1.807, 2.05) is 54.6 Å². The summed E-state index contributed by atoms with van der Waals surface area (Å²) >= 11 is 4.78. The van der Waals surface area contributed by atoms with Crippen molar-refractivity contribution in [3.63, 3.8) is 0 Å². The molecule has 4 rings (SSSR count). The van der Waals surface area contributed by atoms with Gasteiger partial charge in [-0.05, 0) is 59.1 Å². The highest BCUT2D eigenvalue weighted by Gasteiger charge is 2.33. The summed E-state index contributed by atoms with van der Waals surface area (Å²) in [5, 5.41) is 0. The van der Waals surface area contributed by atoms with Crippen LogP contribution in [0.25, 0.3) is 6.08 Å². The van der Waals surface area contributed by atoms with Gasteiger partial charge in [0.25, 0.3) is 5.56 Å². The number of ether oxygens (including phenoxy) is 2. The number of hydrogen-bond donors (Lipinski definition) is 0.